The molecule has 0 fully saturated rings. The van der Waals surface area contributed by atoms with Crippen molar-refractivity contribution in [2.24, 2.45) is 0 Å². The predicted octanol–water partition coefficient (Wildman–Crippen LogP) is 1.05. The highest BCUT2D eigenvalue weighted by atomic mass is 32.2. The van der Waals surface area contributed by atoms with Gasteiger partial charge < -0.3 is 9.84 Å². The van der Waals surface area contributed by atoms with E-state index in [1.54, 1.807) is 14.0 Å². The number of benzene rings is 1. The Balaban J connectivity index is 2.72. The minimum Gasteiger partial charge on any atom is -0.385 e. The number of aliphatic hydroxyl groups is 1. The van der Waals surface area contributed by atoms with Gasteiger partial charge in [-0.25, -0.2) is 13.1 Å². The fourth-order valence-electron chi connectivity index (χ4n) is 1.82. The van der Waals surface area contributed by atoms with Crippen molar-refractivity contribution in [3.05, 3.63) is 35.4 Å². The second-order valence-corrected chi connectivity index (χ2v) is 6.46. The standard InChI is InChI=1S/C15H21NO4S/c1-13(16-21(18,19)11-5-10-20-2)15-8-3-6-14(12-15)7-4-9-17/h3,6,8,12-13,16-17H,5,9-11H2,1-2H3. The number of sulfonamides is 1. The lowest BCUT2D eigenvalue weighted by Crippen LogP contribution is -2.29. The molecule has 21 heavy (non-hydrogen) atoms. The Bertz CT molecular complexity index is 602. The van der Waals surface area contributed by atoms with Gasteiger partial charge in [-0.2, -0.15) is 0 Å². The van der Waals surface area contributed by atoms with Crippen molar-refractivity contribution in [1.82, 2.24) is 4.72 Å². The summed E-state index contributed by atoms with van der Waals surface area (Å²) < 4.78 is 31.3. The van der Waals surface area contributed by atoms with E-state index in [0.717, 1.165) is 11.1 Å². The molecule has 0 saturated carbocycles. The highest BCUT2D eigenvalue weighted by Crippen LogP contribution is 2.15. The summed E-state index contributed by atoms with van der Waals surface area (Å²) >= 11 is 0. The van der Waals surface area contributed by atoms with Gasteiger partial charge in [-0.3, -0.25) is 0 Å². The quantitative estimate of drug-likeness (QED) is 0.583. The third kappa shape index (κ3) is 6.74. The first kappa shape index (κ1) is 17.7. The highest BCUT2D eigenvalue weighted by molar-refractivity contribution is 7.89. The summed E-state index contributed by atoms with van der Waals surface area (Å²) in [6.45, 7) is 2.00. The van der Waals surface area contributed by atoms with Crippen molar-refractivity contribution in [3.8, 4) is 11.8 Å². The summed E-state index contributed by atoms with van der Waals surface area (Å²) in [4.78, 5) is 0. The first-order valence-corrected chi connectivity index (χ1v) is 8.32. The van der Waals surface area contributed by atoms with Crippen molar-refractivity contribution >= 4 is 10.0 Å². The molecule has 0 heterocycles. The van der Waals surface area contributed by atoms with Gasteiger partial charge >= 0.3 is 0 Å². The Kier molecular flexibility index (Phi) is 7.40. The van der Waals surface area contributed by atoms with Gasteiger partial charge in [-0.15, -0.1) is 0 Å². The summed E-state index contributed by atoms with van der Waals surface area (Å²) in [6.07, 6.45) is 0.459. The minimum absolute atomic E-state index is 0.0369. The van der Waals surface area contributed by atoms with E-state index in [-0.39, 0.29) is 18.4 Å². The first-order valence-electron chi connectivity index (χ1n) is 6.67. The van der Waals surface area contributed by atoms with Gasteiger partial charge in [-0.1, -0.05) is 24.0 Å². The minimum atomic E-state index is -3.34. The highest BCUT2D eigenvalue weighted by Gasteiger charge is 2.15. The van der Waals surface area contributed by atoms with Crippen molar-refractivity contribution in [2.45, 2.75) is 19.4 Å². The maximum Gasteiger partial charge on any atom is 0.212 e. The van der Waals surface area contributed by atoms with Gasteiger partial charge in [0, 0.05) is 25.3 Å². The molecule has 0 saturated heterocycles. The van der Waals surface area contributed by atoms with Crippen LogP contribution in [0.3, 0.4) is 0 Å². The van der Waals surface area contributed by atoms with Crippen LogP contribution in [0.5, 0.6) is 0 Å². The zero-order chi connectivity index (χ0) is 15.7. The molecular formula is C15H21NO4S. The van der Waals surface area contributed by atoms with Gasteiger partial charge in [0.05, 0.1) is 5.75 Å². The zero-order valence-corrected chi connectivity index (χ0v) is 13.1. The number of methoxy groups -OCH3 is 1. The van der Waals surface area contributed by atoms with Crippen LogP contribution >= 0.6 is 0 Å². The topological polar surface area (TPSA) is 75.6 Å². The third-order valence-electron chi connectivity index (χ3n) is 2.82. The fraction of sp³-hybridized carbons (Fsp3) is 0.467. The Labute approximate surface area is 126 Å². The molecule has 5 nitrogen and oxygen atoms in total. The third-order valence-corrected chi connectivity index (χ3v) is 4.36. The maximum absolute atomic E-state index is 11.9. The molecule has 6 heteroatoms. The largest absolute Gasteiger partial charge is 0.385 e. The lowest BCUT2D eigenvalue weighted by Gasteiger charge is -2.15. The number of hydrogen-bond acceptors (Lipinski definition) is 4. The fourth-order valence-corrected chi connectivity index (χ4v) is 3.11. The van der Waals surface area contributed by atoms with Crippen molar-refractivity contribution in [1.29, 1.82) is 0 Å². The Morgan fingerprint density at radius 3 is 2.86 bits per heavy atom. The van der Waals surface area contributed by atoms with Gasteiger partial charge in [0.15, 0.2) is 0 Å². The van der Waals surface area contributed by atoms with Gasteiger partial charge in [-0.05, 0) is 31.0 Å². The van der Waals surface area contributed by atoms with Gasteiger partial charge in [0.2, 0.25) is 10.0 Å². The molecule has 1 aromatic carbocycles. The molecule has 1 rings (SSSR count). The molecular weight excluding hydrogens is 290 g/mol. The van der Waals surface area contributed by atoms with E-state index in [4.69, 9.17) is 9.84 Å². The number of aliphatic hydroxyl groups excluding tert-OH is 1. The summed E-state index contributed by atoms with van der Waals surface area (Å²) in [6, 6.07) is 6.93. The van der Waals surface area contributed by atoms with E-state index in [1.165, 1.54) is 0 Å². The van der Waals surface area contributed by atoms with Gasteiger partial charge in [0.25, 0.3) is 0 Å². The Morgan fingerprint density at radius 2 is 2.19 bits per heavy atom. The Morgan fingerprint density at radius 1 is 1.43 bits per heavy atom. The monoisotopic (exact) mass is 311 g/mol. The second-order valence-electron chi connectivity index (χ2n) is 4.59. The Hall–Kier alpha value is -1.39. The predicted molar refractivity (Wildman–Crippen MR) is 82.2 cm³/mol. The summed E-state index contributed by atoms with van der Waals surface area (Å²) in [5.41, 5.74) is 1.57. The van der Waals surface area contributed by atoms with E-state index in [1.807, 2.05) is 24.3 Å². The summed E-state index contributed by atoms with van der Waals surface area (Å²) in [5.74, 6) is 5.40. The smallest absolute Gasteiger partial charge is 0.212 e. The normalized spacial score (nSPS) is 12.5. The molecule has 1 unspecified atom stereocenters. The van der Waals surface area contributed by atoms with E-state index in [2.05, 4.69) is 16.6 Å². The number of ether oxygens (including phenoxy) is 1. The van der Waals surface area contributed by atoms with Crippen LogP contribution < -0.4 is 4.72 Å². The van der Waals surface area contributed by atoms with Crippen LogP contribution in [-0.2, 0) is 14.8 Å². The van der Waals surface area contributed by atoms with E-state index in [0.29, 0.717) is 13.0 Å². The van der Waals surface area contributed by atoms with Crippen molar-refractivity contribution in [2.75, 3.05) is 26.1 Å². The molecule has 1 aromatic rings. The first-order chi connectivity index (χ1) is 9.98. The molecule has 0 radical (unpaired) electrons. The summed E-state index contributed by atoms with van der Waals surface area (Å²) in [5, 5.41) is 8.69. The molecule has 116 valence electrons. The van der Waals surface area contributed by atoms with Crippen LogP contribution in [0, 0.1) is 11.8 Å². The summed E-state index contributed by atoms with van der Waals surface area (Å²) in [7, 11) is -1.79. The van der Waals surface area contributed by atoms with Crippen LogP contribution in [0.2, 0.25) is 0 Å². The molecule has 0 aliphatic carbocycles. The average Bonchev–Trinajstić information content (AvgIpc) is 2.45. The molecule has 2 N–H and O–H groups in total. The lowest BCUT2D eigenvalue weighted by atomic mass is 10.1. The zero-order valence-electron chi connectivity index (χ0n) is 12.3. The number of rotatable bonds is 7. The number of nitrogens with one attached hydrogen (secondary N) is 1. The molecule has 0 aliphatic rings. The van der Waals surface area contributed by atoms with Crippen LogP contribution in [-0.4, -0.2) is 39.6 Å². The van der Waals surface area contributed by atoms with Crippen LogP contribution in [0.4, 0.5) is 0 Å². The molecule has 1 atom stereocenters. The maximum atomic E-state index is 11.9. The van der Waals surface area contributed by atoms with E-state index >= 15 is 0 Å². The van der Waals surface area contributed by atoms with Crippen LogP contribution in [0.15, 0.2) is 24.3 Å². The van der Waals surface area contributed by atoms with Gasteiger partial charge in [0.1, 0.15) is 6.61 Å². The van der Waals surface area contributed by atoms with E-state index < -0.39 is 10.0 Å². The molecule has 0 spiro atoms. The van der Waals surface area contributed by atoms with Crippen molar-refractivity contribution < 1.29 is 18.3 Å². The molecule has 0 bridgehead atoms. The van der Waals surface area contributed by atoms with Crippen molar-refractivity contribution in [3.63, 3.8) is 0 Å². The van der Waals surface area contributed by atoms with Crippen LogP contribution in [0.25, 0.3) is 0 Å². The van der Waals surface area contributed by atoms with Crippen LogP contribution in [0.1, 0.15) is 30.5 Å². The van der Waals surface area contributed by atoms with E-state index in [9.17, 15) is 8.42 Å². The number of hydrogen-bond donors (Lipinski definition) is 2. The second kappa shape index (κ2) is 8.80. The molecule has 0 aliphatic heterocycles. The molecule has 0 amide bonds. The molecule has 0 aromatic heterocycles. The SMILES string of the molecule is COCCCS(=O)(=O)NC(C)c1cccc(C#CCO)c1. The average molecular weight is 311 g/mol. The lowest BCUT2D eigenvalue weighted by molar-refractivity contribution is 0.199.